The minimum atomic E-state index is -1.16. The van der Waals surface area contributed by atoms with Gasteiger partial charge in [-0.2, -0.15) is 5.10 Å². The molecule has 0 spiro atoms. The molecule has 0 aliphatic heterocycles. The topological polar surface area (TPSA) is 44.1 Å². The summed E-state index contributed by atoms with van der Waals surface area (Å²) in [4.78, 5) is 13.2. The van der Waals surface area contributed by atoms with Crippen molar-refractivity contribution in [3.8, 4) is 11.4 Å². The molecule has 4 rings (SSSR count). The minimum absolute atomic E-state index is 0.00880. The molecule has 8 heteroatoms. The highest BCUT2D eigenvalue weighted by molar-refractivity contribution is 6.15. The first kappa shape index (κ1) is 18.7. The van der Waals surface area contributed by atoms with Crippen LogP contribution in [0.15, 0.2) is 54.6 Å². The normalized spacial score (nSPS) is 11.1. The van der Waals surface area contributed by atoms with Crippen molar-refractivity contribution in [1.82, 2.24) is 9.78 Å². The zero-order valence-electron chi connectivity index (χ0n) is 14.9. The summed E-state index contributed by atoms with van der Waals surface area (Å²) >= 11 is 0. The van der Waals surface area contributed by atoms with E-state index in [1.54, 1.807) is 12.1 Å². The van der Waals surface area contributed by atoms with Gasteiger partial charge in [-0.3, -0.25) is 4.79 Å². The lowest BCUT2D eigenvalue weighted by Crippen LogP contribution is -2.11. The van der Waals surface area contributed by atoms with Crippen molar-refractivity contribution in [3.05, 3.63) is 89.1 Å². The summed E-state index contributed by atoms with van der Waals surface area (Å²) in [5.41, 5.74) is 0.125. The molecule has 0 saturated carbocycles. The van der Waals surface area contributed by atoms with Crippen LogP contribution in [-0.4, -0.2) is 22.7 Å². The number of aromatic nitrogens is 2. The van der Waals surface area contributed by atoms with Gasteiger partial charge in [0.15, 0.2) is 23.3 Å². The molecule has 29 heavy (non-hydrogen) atoms. The predicted molar refractivity (Wildman–Crippen MR) is 97.3 cm³/mol. The van der Waals surface area contributed by atoms with Gasteiger partial charge in [-0.25, -0.2) is 22.2 Å². The van der Waals surface area contributed by atoms with Gasteiger partial charge in [-0.15, -0.1) is 0 Å². The fraction of sp³-hybridized carbons (Fsp3) is 0.0476. The number of ketones is 1. The molecular weight excluding hydrogens is 388 g/mol. The van der Waals surface area contributed by atoms with Crippen LogP contribution in [0.3, 0.4) is 0 Å². The average Bonchev–Trinajstić information content (AvgIpc) is 3.08. The summed E-state index contributed by atoms with van der Waals surface area (Å²) in [5, 5.41) is 4.15. The van der Waals surface area contributed by atoms with E-state index in [9.17, 15) is 22.4 Å². The van der Waals surface area contributed by atoms with E-state index in [2.05, 4.69) is 5.10 Å². The van der Waals surface area contributed by atoms with Gasteiger partial charge < -0.3 is 4.74 Å². The largest absolute Gasteiger partial charge is 0.497 e. The molecule has 1 heterocycles. The minimum Gasteiger partial charge on any atom is -0.497 e. The third-order valence-corrected chi connectivity index (χ3v) is 4.43. The van der Waals surface area contributed by atoms with E-state index in [0.717, 1.165) is 28.9 Å². The van der Waals surface area contributed by atoms with E-state index in [1.165, 1.54) is 25.3 Å². The van der Waals surface area contributed by atoms with Gasteiger partial charge in [-0.1, -0.05) is 0 Å². The third kappa shape index (κ3) is 3.22. The summed E-state index contributed by atoms with van der Waals surface area (Å²) in [6.07, 6.45) is 0. The first-order chi connectivity index (χ1) is 13.9. The molecule has 0 N–H and O–H groups in total. The first-order valence-corrected chi connectivity index (χ1v) is 8.41. The molecule has 4 nitrogen and oxygen atoms in total. The molecule has 0 amide bonds. The predicted octanol–water partition coefficient (Wildman–Crippen LogP) is 4.82. The lowest BCUT2D eigenvalue weighted by molar-refractivity contribution is 0.103. The Morgan fingerprint density at radius 3 is 2.17 bits per heavy atom. The van der Waals surface area contributed by atoms with E-state index in [-0.39, 0.29) is 27.8 Å². The number of fused-ring (bicyclic) bond motifs is 1. The van der Waals surface area contributed by atoms with E-state index >= 15 is 0 Å². The van der Waals surface area contributed by atoms with Crippen molar-refractivity contribution in [2.45, 2.75) is 0 Å². The van der Waals surface area contributed by atoms with Crippen LogP contribution in [0.5, 0.6) is 5.75 Å². The summed E-state index contributed by atoms with van der Waals surface area (Å²) in [5.74, 6) is -4.57. The van der Waals surface area contributed by atoms with Crippen LogP contribution in [0.4, 0.5) is 17.6 Å². The molecular formula is C21H12F4N2O2. The SMILES string of the molecule is COc1ccc(C(=O)c2c3cc(F)c(F)cc3nn2-c2ccc(F)c(F)c2)cc1. The number of ether oxygens (including phenoxy) is 1. The molecule has 0 fully saturated rings. The van der Waals surface area contributed by atoms with Crippen molar-refractivity contribution in [3.63, 3.8) is 0 Å². The van der Waals surface area contributed by atoms with Gasteiger partial charge in [0, 0.05) is 23.1 Å². The Bertz CT molecular complexity index is 1250. The number of methoxy groups -OCH3 is 1. The Kier molecular flexibility index (Phi) is 4.54. The Balaban J connectivity index is 1.97. The summed E-state index contributed by atoms with van der Waals surface area (Å²) in [6.45, 7) is 0. The molecule has 0 aliphatic rings. The quantitative estimate of drug-likeness (QED) is 0.364. The highest BCUT2D eigenvalue weighted by Crippen LogP contribution is 2.27. The molecule has 0 atom stereocenters. The van der Waals surface area contributed by atoms with Crippen molar-refractivity contribution >= 4 is 16.7 Å². The lowest BCUT2D eigenvalue weighted by Gasteiger charge is -2.08. The summed E-state index contributed by atoms with van der Waals surface area (Å²) < 4.78 is 60.7. The number of benzene rings is 3. The van der Waals surface area contributed by atoms with Crippen LogP contribution < -0.4 is 4.74 Å². The van der Waals surface area contributed by atoms with E-state index in [0.29, 0.717) is 5.75 Å². The molecule has 1 aromatic heterocycles. The molecule has 0 aliphatic carbocycles. The van der Waals surface area contributed by atoms with Gasteiger partial charge in [0.25, 0.3) is 0 Å². The molecule has 4 aromatic rings. The second-order valence-corrected chi connectivity index (χ2v) is 6.20. The van der Waals surface area contributed by atoms with Crippen molar-refractivity contribution in [2.24, 2.45) is 0 Å². The zero-order valence-corrected chi connectivity index (χ0v) is 14.9. The van der Waals surface area contributed by atoms with Crippen molar-refractivity contribution in [1.29, 1.82) is 0 Å². The highest BCUT2D eigenvalue weighted by atomic mass is 19.2. The van der Waals surface area contributed by atoms with Gasteiger partial charge in [0.1, 0.15) is 11.4 Å². The molecule has 3 aromatic carbocycles. The highest BCUT2D eigenvalue weighted by Gasteiger charge is 2.23. The summed E-state index contributed by atoms with van der Waals surface area (Å²) in [7, 11) is 1.47. The van der Waals surface area contributed by atoms with Crippen LogP contribution in [0.25, 0.3) is 16.6 Å². The maximum absolute atomic E-state index is 13.9. The number of nitrogens with zero attached hydrogens (tertiary/aromatic N) is 2. The van der Waals surface area contributed by atoms with Crippen molar-refractivity contribution < 1.29 is 27.1 Å². The Morgan fingerprint density at radius 2 is 1.52 bits per heavy atom. The second kappa shape index (κ2) is 7.05. The monoisotopic (exact) mass is 400 g/mol. The maximum Gasteiger partial charge on any atom is 0.212 e. The van der Waals surface area contributed by atoms with Crippen molar-refractivity contribution in [2.75, 3.05) is 7.11 Å². The van der Waals surface area contributed by atoms with Crippen LogP contribution in [0.1, 0.15) is 16.1 Å². The van der Waals surface area contributed by atoms with Gasteiger partial charge in [-0.05, 0) is 42.5 Å². The summed E-state index contributed by atoms with van der Waals surface area (Å²) in [6, 6.07) is 10.7. The number of hydrogen-bond donors (Lipinski definition) is 0. The van der Waals surface area contributed by atoms with Gasteiger partial charge >= 0.3 is 0 Å². The Hall–Kier alpha value is -3.68. The Morgan fingerprint density at radius 1 is 0.862 bits per heavy atom. The van der Waals surface area contributed by atoms with Crippen LogP contribution in [0, 0.1) is 23.3 Å². The van der Waals surface area contributed by atoms with E-state index in [4.69, 9.17) is 4.74 Å². The molecule has 0 saturated heterocycles. The number of carbonyl (C=O) groups is 1. The van der Waals surface area contributed by atoms with Gasteiger partial charge in [0.2, 0.25) is 5.78 Å². The number of halogens is 4. The van der Waals surface area contributed by atoms with Crippen LogP contribution >= 0.6 is 0 Å². The molecule has 0 bridgehead atoms. The zero-order chi connectivity index (χ0) is 20.7. The lowest BCUT2D eigenvalue weighted by atomic mass is 10.0. The molecule has 0 radical (unpaired) electrons. The first-order valence-electron chi connectivity index (χ1n) is 8.41. The molecule has 0 unspecified atom stereocenters. The number of carbonyl (C=O) groups excluding carboxylic acids is 1. The fourth-order valence-electron chi connectivity index (χ4n) is 2.98. The third-order valence-electron chi connectivity index (χ3n) is 4.43. The number of rotatable bonds is 4. The molecule has 146 valence electrons. The maximum atomic E-state index is 13.9. The van der Waals surface area contributed by atoms with E-state index in [1.807, 2.05) is 0 Å². The fourth-order valence-corrected chi connectivity index (χ4v) is 2.98. The number of hydrogen-bond acceptors (Lipinski definition) is 3. The van der Waals surface area contributed by atoms with E-state index < -0.39 is 29.1 Å². The van der Waals surface area contributed by atoms with Crippen LogP contribution in [-0.2, 0) is 0 Å². The Labute approximate surface area is 162 Å². The standard InChI is InChI=1S/C21H12F4N2O2/c1-29-13-5-2-11(3-6-13)21(28)20-14-9-17(24)18(25)10-19(14)26-27(20)12-4-7-15(22)16(23)8-12/h2-10H,1H3. The van der Waals surface area contributed by atoms with Crippen LogP contribution in [0.2, 0.25) is 0 Å². The average molecular weight is 400 g/mol. The second-order valence-electron chi connectivity index (χ2n) is 6.20. The van der Waals surface area contributed by atoms with Gasteiger partial charge in [0.05, 0.1) is 18.3 Å². The smallest absolute Gasteiger partial charge is 0.212 e.